The minimum atomic E-state index is -0.650. The number of rotatable bonds is 13. The molecule has 4 heterocycles. The number of benzene rings is 2. The molecule has 1 fully saturated rings. The number of nitrogens with zero attached hydrogens (tertiary/aromatic N) is 8. The topological polar surface area (TPSA) is 95.1 Å². The van der Waals surface area contributed by atoms with Crippen molar-refractivity contribution < 1.29 is 14.2 Å². The first-order valence-corrected chi connectivity index (χ1v) is 18.5. The number of hydrogen-bond donors (Lipinski definition) is 0. The van der Waals surface area contributed by atoms with Crippen molar-refractivity contribution in [3.8, 4) is 5.75 Å². The summed E-state index contributed by atoms with van der Waals surface area (Å²) >= 11 is 0. The quantitative estimate of drug-likeness (QED) is 0.170. The smallest absolute Gasteiger partial charge is 0.232 e. The fourth-order valence-electron chi connectivity index (χ4n) is 5.43. The molecule has 5 aromatic rings. The van der Waals surface area contributed by atoms with Crippen molar-refractivity contribution in [3.63, 3.8) is 0 Å². The van der Waals surface area contributed by atoms with Gasteiger partial charge in [0.2, 0.25) is 11.9 Å². The lowest BCUT2D eigenvalue weighted by Crippen LogP contribution is -2.38. The average Bonchev–Trinajstić information content (AvgIpc) is 3.63. The van der Waals surface area contributed by atoms with E-state index in [-0.39, 0.29) is 0 Å². The Hall–Kier alpha value is -3.87. The van der Waals surface area contributed by atoms with Gasteiger partial charge >= 0.3 is 0 Å². The van der Waals surface area contributed by atoms with Crippen molar-refractivity contribution in [1.29, 1.82) is 0 Å². The average molecular weight is 633 g/mol. The van der Waals surface area contributed by atoms with Crippen LogP contribution in [0.5, 0.6) is 5.75 Å². The second-order valence-electron chi connectivity index (χ2n) is 12.2. The van der Waals surface area contributed by atoms with Gasteiger partial charge in [0.15, 0.2) is 5.65 Å². The number of aromatic nitrogens is 6. The summed E-state index contributed by atoms with van der Waals surface area (Å²) in [6.45, 7) is 7.14. The van der Waals surface area contributed by atoms with Crippen molar-refractivity contribution in [2.24, 2.45) is 0 Å². The van der Waals surface area contributed by atoms with Crippen LogP contribution in [0.2, 0.25) is 0 Å². The van der Waals surface area contributed by atoms with E-state index in [2.05, 4.69) is 70.4 Å². The molecule has 2 aromatic carbocycles. The van der Waals surface area contributed by atoms with Crippen LogP contribution in [-0.2, 0) is 35.7 Å². The number of methoxy groups -OCH3 is 1. The summed E-state index contributed by atoms with van der Waals surface area (Å²) in [6.07, 6.45) is 9.68. The predicted octanol–water partition coefficient (Wildman–Crippen LogP) is 4.76. The monoisotopic (exact) mass is 632 g/mol. The van der Waals surface area contributed by atoms with E-state index in [1.165, 1.54) is 0 Å². The molecule has 1 aliphatic heterocycles. The number of para-hydroxylation sites is 2. The van der Waals surface area contributed by atoms with Crippen molar-refractivity contribution in [2.45, 2.75) is 33.2 Å². The van der Waals surface area contributed by atoms with Gasteiger partial charge in [-0.1, -0.05) is 31.2 Å². The van der Waals surface area contributed by atoms with Crippen LogP contribution in [-0.4, -0.2) is 93.7 Å². The number of anilines is 2. The Balaban J connectivity index is 1.43. The molecule has 0 atom stereocenters. The molecule has 0 radical (unpaired) electrons. The van der Waals surface area contributed by atoms with Crippen molar-refractivity contribution in [1.82, 2.24) is 29.1 Å². The lowest BCUT2D eigenvalue weighted by molar-refractivity contribution is 0.0903. The van der Waals surface area contributed by atoms with E-state index < -0.39 is 10.0 Å². The minimum Gasteiger partial charge on any atom is -0.497 e. The van der Waals surface area contributed by atoms with Crippen molar-refractivity contribution in [3.05, 3.63) is 71.7 Å². The van der Waals surface area contributed by atoms with E-state index in [4.69, 9.17) is 34.3 Å². The summed E-state index contributed by atoms with van der Waals surface area (Å²) in [4.78, 5) is 19.7. The molecule has 1 aliphatic rings. The Kier molecular flexibility index (Phi) is 9.43. The van der Waals surface area contributed by atoms with Crippen LogP contribution in [0.4, 0.5) is 11.9 Å². The highest BCUT2D eigenvalue weighted by atomic mass is 32.3. The van der Waals surface area contributed by atoms with E-state index >= 15 is 0 Å². The van der Waals surface area contributed by atoms with Gasteiger partial charge in [-0.15, -0.1) is 0 Å². The molecular weight excluding hydrogens is 588 g/mol. The lowest BCUT2D eigenvalue weighted by Gasteiger charge is -2.29. The summed E-state index contributed by atoms with van der Waals surface area (Å²) in [5.74, 6) is 4.18. The molecule has 0 spiro atoms. The molecular formula is C33H44N8O3S. The van der Waals surface area contributed by atoms with E-state index in [0.717, 1.165) is 64.6 Å². The van der Waals surface area contributed by atoms with Crippen molar-refractivity contribution >= 4 is 38.6 Å². The maximum Gasteiger partial charge on any atom is 0.232 e. The molecule has 3 aromatic heterocycles. The standard InChI is InChI=1S/C33H44N8O3S/c1-6-26-21-34-41-31(26)36-32(38-15-17-43-18-16-38)37-33(41)39(22-25-11-13-27(42-2)14-12-25)23-30-35-28-9-7-8-10-29(28)40(30)24-44-19-20-45(3,4)5/h7-14,21H,6,15-20,22-24H2,1-5H3. The minimum absolute atomic E-state index is 0.432. The third-order valence-electron chi connectivity index (χ3n) is 8.03. The molecule has 12 heteroatoms. The van der Waals surface area contributed by atoms with Gasteiger partial charge < -0.3 is 28.6 Å². The number of hydrogen-bond acceptors (Lipinski definition) is 9. The van der Waals surface area contributed by atoms with Crippen LogP contribution < -0.4 is 14.5 Å². The highest BCUT2D eigenvalue weighted by molar-refractivity contribution is 8.32. The van der Waals surface area contributed by atoms with E-state index in [9.17, 15) is 0 Å². The Morgan fingerprint density at radius 3 is 2.47 bits per heavy atom. The van der Waals surface area contributed by atoms with Gasteiger partial charge in [-0.05, 0) is 55.0 Å². The summed E-state index contributed by atoms with van der Waals surface area (Å²) in [5, 5.41) is 4.79. The molecule has 6 rings (SSSR count). The third-order valence-corrected chi connectivity index (χ3v) is 9.42. The van der Waals surface area contributed by atoms with Crippen LogP contribution in [0.1, 0.15) is 23.9 Å². The summed E-state index contributed by atoms with van der Waals surface area (Å²) < 4.78 is 21.4. The molecule has 0 unspecified atom stereocenters. The van der Waals surface area contributed by atoms with E-state index in [1.54, 1.807) is 7.11 Å². The fourth-order valence-corrected chi connectivity index (χ4v) is 6.05. The summed E-state index contributed by atoms with van der Waals surface area (Å²) in [6, 6.07) is 16.4. The first-order chi connectivity index (χ1) is 21.8. The summed E-state index contributed by atoms with van der Waals surface area (Å²) in [7, 11) is 1.04. The normalized spacial score (nSPS) is 14.4. The number of aryl methyl sites for hydroxylation is 1. The maximum atomic E-state index is 6.27. The highest BCUT2D eigenvalue weighted by Crippen LogP contribution is 2.33. The SMILES string of the molecule is CCc1cnn2c(N(Cc3ccc(OC)cc3)Cc3nc4ccccc4n3COCCS(C)(C)C)nc(N3CCOCC3)nc12. The van der Waals surface area contributed by atoms with Gasteiger partial charge in [-0.25, -0.2) is 15.0 Å². The van der Waals surface area contributed by atoms with Crippen LogP contribution >= 0.6 is 10.0 Å². The van der Waals surface area contributed by atoms with Gasteiger partial charge in [0.1, 0.15) is 18.3 Å². The lowest BCUT2D eigenvalue weighted by atomic mass is 10.2. The van der Waals surface area contributed by atoms with Crippen LogP contribution in [0, 0.1) is 0 Å². The van der Waals surface area contributed by atoms with Gasteiger partial charge in [-0.2, -0.15) is 19.6 Å². The van der Waals surface area contributed by atoms with E-state index in [1.807, 2.05) is 28.9 Å². The molecule has 0 bridgehead atoms. The summed E-state index contributed by atoms with van der Waals surface area (Å²) in [5.41, 5.74) is 5.01. The zero-order valence-corrected chi connectivity index (χ0v) is 27.8. The van der Waals surface area contributed by atoms with Gasteiger partial charge in [0.05, 0.1) is 50.7 Å². The number of fused-ring (bicyclic) bond motifs is 2. The second-order valence-corrected chi connectivity index (χ2v) is 16.8. The predicted molar refractivity (Wildman–Crippen MR) is 182 cm³/mol. The molecule has 1 saturated heterocycles. The molecule has 240 valence electrons. The Morgan fingerprint density at radius 1 is 0.956 bits per heavy atom. The first-order valence-electron chi connectivity index (χ1n) is 15.5. The van der Waals surface area contributed by atoms with Crippen LogP contribution in [0.25, 0.3) is 16.7 Å². The molecule has 11 nitrogen and oxygen atoms in total. The van der Waals surface area contributed by atoms with Crippen LogP contribution in [0.3, 0.4) is 0 Å². The first kappa shape index (κ1) is 31.1. The Labute approximate surface area is 266 Å². The molecule has 0 amide bonds. The zero-order valence-electron chi connectivity index (χ0n) is 27.0. The molecule has 0 saturated carbocycles. The number of ether oxygens (including phenoxy) is 3. The van der Waals surface area contributed by atoms with Gasteiger partial charge in [-0.3, -0.25) is 0 Å². The third kappa shape index (κ3) is 7.18. The highest BCUT2D eigenvalue weighted by Gasteiger charge is 2.24. The van der Waals surface area contributed by atoms with E-state index in [0.29, 0.717) is 51.5 Å². The zero-order chi connectivity index (χ0) is 31.4. The van der Waals surface area contributed by atoms with Gasteiger partial charge in [0.25, 0.3) is 0 Å². The fraction of sp³-hybridized carbons (Fsp3) is 0.455. The molecule has 0 N–H and O–H groups in total. The molecule has 0 aliphatic carbocycles. The van der Waals surface area contributed by atoms with Gasteiger partial charge in [0, 0.05) is 31.0 Å². The largest absolute Gasteiger partial charge is 0.497 e. The Bertz CT molecular complexity index is 1720. The molecule has 45 heavy (non-hydrogen) atoms. The maximum absolute atomic E-state index is 6.27. The number of morpholine rings is 1. The Morgan fingerprint density at radius 2 is 1.73 bits per heavy atom. The van der Waals surface area contributed by atoms with Crippen molar-refractivity contribution in [2.75, 3.05) is 74.3 Å². The second kappa shape index (κ2) is 13.6. The van der Waals surface area contributed by atoms with Crippen LogP contribution in [0.15, 0.2) is 54.7 Å². The number of imidazole rings is 1.